The minimum absolute atomic E-state index is 0.453. The molecule has 1 aromatic heterocycles. The van der Waals surface area contributed by atoms with E-state index in [4.69, 9.17) is 21.1 Å². The molecule has 0 aliphatic rings. The maximum absolute atomic E-state index is 6.20. The summed E-state index contributed by atoms with van der Waals surface area (Å²) in [5.41, 5.74) is 2.10. The van der Waals surface area contributed by atoms with Gasteiger partial charge in [0.25, 0.3) is 0 Å². The van der Waals surface area contributed by atoms with Crippen molar-refractivity contribution < 1.29 is 9.47 Å². The molecule has 1 heterocycles. The SMILES string of the molecule is Clc1ccccc1COc1ccccc1CNCCCOc1ccccn1. The Balaban J connectivity index is 1.42. The van der Waals surface area contributed by atoms with Crippen LogP contribution in [0.15, 0.2) is 72.9 Å². The molecule has 5 heteroatoms. The van der Waals surface area contributed by atoms with Gasteiger partial charge in [-0.3, -0.25) is 0 Å². The Bertz CT molecular complexity index is 827. The molecular formula is C22H23ClN2O2. The summed E-state index contributed by atoms with van der Waals surface area (Å²) in [6.45, 7) is 2.68. The molecule has 0 saturated carbocycles. The van der Waals surface area contributed by atoms with Crippen LogP contribution in [0.4, 0.5) is 0 Å². The molecule has 0 unspecified atom stereocenters. The lowest BCUT2D eigenvalue weighted by atomic mass is 10.2. The van der Waals surface area contributed by atoms with Crippen molar-refractivity contribution in [3.8, 4) is 11.6 Å². The third-order valence-corrected chi connectivity index (χ3v) is 4.38. The van der Waals surface area contributed by atoms with Crippen molar-refractivity contribution in [2.45, 2.75) is 19.6 Å². The van der Waals surface area contributed by atoms with Crippen molar-refractivity contribution in [1.82, 2.24) is 10.3 Å². The second-order valence-electron chi connectivity index (χ2n) is 6.03. The fourth-order valence-electron chi connectivity index (χ4n) is 2.59. The lowest BCUT2D eigenvalue weighted by molar-refractivity contribution is 0.294. The lowest BCUT2D eigenvalue weighted by Gasteiger charge is -2.13. The first-order valence-corrected chi connectivity index (χ1v) is 9.39. The normalized spacial score (nSPS) is 10.6. The molecular weight excluding hydrogens is 360 g/mol. The summed E-state index contributed by atoms with van der Waals surface area (Å²) in [4.78, 5) is 4.14. The molecule has 0 fully saturated rings. The quantitative estimate of drug-likeness (QED) is 0.508. The summed E-state index contributed by atoms with van der Waals surface area (Å²) in [6.07, 6.45) is 2.63. The van der Waals surface area contributed by atoms with E-state index < -0.39 is 0 Å². The van der Waals surface area contributed by atoms with Crippen LogP contribution in [0, 0.1) is 0 Å². The topological polar surface area (TPSA) is 43.4 Å². The molecule has 0 aliphatic carbocycles. The van der Waals surface area contributed by atoms with Crippen LogP contribution in [-0.4, -0.2) is 18.1 Å². The van der Waals surface area contributed by atoms with Gasteiger partial charge in [0, 0.05) is 35.0 Å². The summed E-state index contributed by atoms with van der Waals surface area (Å²) in [7, 11) is 0. The Morgan fingerprint density at radius 2 is 1.63 bits per heavy atom. The van der Waals surface area contributed by atoms with E-state index in [2.05, 4.69) is 16.4 Å². The van der Waals surface area contributed by atoms with Gasteiger partial charge in [-0.1, -0.05) is 54.1 Å². The molecule has 0 atom stereocenters. The van der Waals surface area contributed by atoms with Gasteiger partial charge < -0.3 is 14.8 Å². The average Bonchev–Trinajstić information content (AvgIpc) is 2.71. The number of rotatable bonds is 10. The predicted molar refractivity (Wildman–Crippen MR) is 108 cm³/mol. The summed E-state index contributed by atoms with van der Waals surface area (Å²) in [6, 6.07) is 21.4. The van der Waals surface area contributed by atoms with Crippen LogP contribution in [0.5, 0.6) is 11.6 Å². The molecule has 4 nitrogen and oxygen atoms in total. The molecule has 2 aromatic carbocycles. The Labute approximate surface area is 165 Å². The zero-order chi connectivity index (χ0) is 18.7. The van der Waals surface area contributed by atoms with Gasteiger partial charge in [0.15, 0.2) is 0 Å². The molecule has 1 N–H and O–H groups in total. The fraction of sp³-hybridized carbons (Fsp3) is 0.227. The van der Waals surface area contributed by atoms with Crippen LogP contribution < -0.4 is 14.8 Å². The third kappa shape index (κ3) is 6.27. The maximum atomic E-state index is 6.20. The zero-order valence-corrected chi connectivity index (χ0v) is 15.9. The first kappa shape index (κ1) is 19.2. The van der Waals surface area contributed by atoms with Gasteiger partial charge in [-0.15, -0.1) is 0 Å². The number of nitrogens with one attached hydrogen (secondary N) is 1. The van der Waals surface area contributed by atoms with E-state index in [1.54, 1.807) is 6.20 Å². The Morgan fingerprint density at radius 1 is 0.852 bits per heavy atom. The predicted octanol–water partition coefficient (Wildman–Crippen LogP) is 4.87. The van der Waals surface area contributed by atoms with E-state index in [1.165, 1.54) is 0 Å². The van der Waals surface area contributed by atoms with Crippen molar-refractivity contribution in [2.75, 3.05) is 13.2 Å². The lowest BCUT2D eigenvalue weighted by Crippen LogP contribution is -2.17. The van der Waals surface area contributed by atoms with Gasteiger partial charge in [-0.25, -0.2) is 4.98 Å². The number of hydrogen-bond acceptors (Lipinski definition) is 4. The van der Waals surface area contributed by atoms with Crippen LogP contribution in [0.3, 0.4) is 0 Å². The number of pyridine rings is 1. The highest BCUT2D eigenvalue weighted by Gasteiger charge is 2.05. The van der Waals surface area contributed by atoms with E-state index >= 15 is 0 Å². The molecule has 3 rings (SSSR count). The van der Waals surface area contributed by atoms with Crippen LogP contribution in [-0.2, 0) is 13.2 Å². The number of halogens is 1. The second kappa shape index (κ2) is 10.6. The van der Waals surface area contributed by atoms with E-state index in [0.717, 1.165) is 41.4 Å². The molecule has 0 spiro atoms. The van der Waals surface area contributed by atoms with Crippen molar-refractivity contribution in [1.29, 1.82) is 0 Å². The molecule has 0 saturated heterocycles. The van der Waals surface area contributed by atoms with Crippen molar-refractivity contribution >= 4 is 11.6 Å². The van der Waals surface area contributed by atoms with E-state index in [-0.39, 0.29) is 0 Å². The van der Waals surface area contributed by atoms with E-state index in [1.807, 2.05) is 60.7 Å². The minimum atomic E-state index is 0.453. The smallest absolute Gasteiger partial charge is 0.213 e. The maximum Gasteiger partial charge on any atom is 0.213 e. The Morgan fingerprint density at radius 3 is 2.44 bits per heavy atom. The molecule has 3 aromatic rings. The van der Waals surface area contributed by atoms with Crippen LogP contribution in [0.1, 0.15) is 17.5 Å². The molecule has 0 aliphatic heterocycles. The number of para-hydroxylation sites is 1. The second-order valence-corrected chi connectivity index (χ2v) is 6.44. The van der Waals surface area contributed by atoms with Crippen molar-refractivity contribution in [3.05, 3.63) is 89.1 Å². The fourth-order valence-corrected chi connectivity index (χ4v) is 2.78. The number of nitrogens with zero attached hydrogens (tertiary/aromatic N) is 1. The average molecular weight is 383 g/mol. The largest absolute Gasteiger partial charge is 0.489 e. The van der Waals surface area contributed by atoms with Crippen LogP contribution in [0.2, 0.25) is 5.02 Å². The third-order valence-electron chi connectivity index (χ3n) is 4.01. The molecule has 0 radical (unpaired) electrons. The van der Waals surface area contributed by atoms with Gasteiger partial charge in [0.2, 0.25) is 5.88 Å². The highest BCUT2D eigenvalue weighted by Crippen LogP contribution is 2.21. The highest BCUT2D eigenvalue weighted by molar-refractivity contribution is 6.31. The number of benzene rings is 2. The number of aromatic nitrogens is 1. The van der Waals surface area contributed by atoms with Crippen LogP contribution >= 0.6 is 11.6 Å². The summed E-state index contributed by atoms with van der Waals surface area (Å²) in [5, 5.41) is 4.15. The van der Waals surface area contributed by atoms with Gasteiger partial charge in [0.1, 0.15) is 12.4 Å². The van der Waals surface area contributed by atoms with Gasteiger partial charge in [-0.05, 0) is 31.2 Å². The van der Waals surface area contributed by atoms with Gasteiger partial charge >= 0.3 is 0 Å². The number of ether oxygens (including phenoxy) is 2. The summed E-state index contributed by atoms with van der Waals surface area (Å²) in [5.74, 6) is 1.53. The highest BCUT2D eigenvalue weighted by atomic mass is 35.5. The molecule has 140 valence electrons. The van der Waals surface area contributed by atoms with Crippen molar-refractivity contribution in [3.63, 3.8) is 0 Å². The molecule has 0 amide bonds. The Kier molecular flexibility index (Phi) is 7.51. The minimum Gasteiger partial charge on any atom is -0.489 e. The Hall–Kier alpha value is -2.56. The zero-order valence-electron chi connectivity index (χ0n) is 15.1. The van der Waals surface area contributed by atoms with E-state index in [9.17, 15) is 0 Å². The monoisotopic (exact) mass is 382 g/mol. The number of hydrogen-bond donors (Lipinski definition) is 1. The summed E-state index contributed by atoms with van der Waals surface area (Å²) >= 11 is 6.20. The molecule has 0 bridgehead atoms. The van der Waals surface area contributed by atoms with E-state index in [0.29, 0.717) is 19.1 Å². The van der Waals surface area contributed by atoms with Crippen molar-refractivity contribution in [2.24, 2.45) is 0 Å². The summed E-state index contributed by atoms with van der Waals surface area (Å²) < 4.78 is 11.6. The van der Waals surface area contributed by atoms with Gasteiger partial charge in [-0.2, -0.15) is 0 Å². The molecule has 27 heavy (non-hydrogen) atoms. The van der Waals surface area contributed by atoms with Gasteiger partial charge in [0.05, 0.1) is 6.61 Å². The van der Waals surface area contributed by atoms with Crippen LogP contribution in [0.25, 0.3) is 0 Å². The first-order valence-electron chi connectivity index (χ1n) is 9.01. The first-order chi connectivity index (χ1) is 13.3. The standard InChI is InChI=1S/C22H23ClN2O2/c23-20-10-3-1-9-19(20)17-27-21-11-4-2-8-18(21)16-24-13-7-15-26-22-12-5-6-14-25-22/h1-6,8-12,14,24H,7,13,15-17H2.